The molecule has 0 aromatic carbocycles. The highest BCUT2D eigenvalue weighted by molar-refractivity contribution is 7.87. The van der Waals surface area contributed by atoms with E-state index in [0.29, 0.717) is 6.54 Å². The lowest BCUT2D eigenvalue weighted by molar-refractivity contribution is 0.691. The van der Waals surface area contributed by atoms with E-state index in [-0.39, 0.29) is 0 Å². The van der Waals surface area contributed by atoms with Gasteiger partial charge >= 0.3 is 0 Å². The molecule has 0 aliphatic heterocycles. The van der Waals surface area contributed by atoms with Crippen molar-refractivity contribution in [2.75, 3.05) is 12.8 Å². The molecule has 0 heterocycles. The van der Waals surface area contributed by atoms with Gasteiger partial charge < -0.3 is 0 Å². The van der Waals surface area contributed by atoms with Crippen LogP contribution in [0.1, 0.15) is 6.42 Å². The second-order valence-corrected chi connectivity index (χ2v) is 3.08. The highest BCUT2D eigenvalue weighted by atomic mass is 32.2. The third kappa shape index (κ3) is 7.69. The lowest BCUT2D eigenvalue weighted by Crippen LogP contribution is -1.77. The van der Waals surface area contributed by atoms with Gasteiger partial charge in [0.15, 0.2) is 0 Å². The van der Waals surface area contributed by atoms with E-state index in [9.17, 15) is 4.21 Å². The van der Waals surface area contributed by atoms with Crippen LogP contribution in [0.25, 0.3) is 0 Å². The van der Waals surface area contributed by atoms with Crippen LogP contribution in [0, 0.1) is 0 Å². The van der Waals surface area contributed by atoms with Crippen LogP contribution in [0.15, 0.2) is 16.5 Å². The molecule has 0 rings (SSSR count). The zero-order valence-electron chi connectivity index (χ0n) is 5.74. The molecule has 2 nitrogen and oxygen atoms in total. The number of hydrogen-bond donors (Lipinski definition) is 0. The summed E-state index contributed by atoms with van der Waals surface area (Å²) in [5.41, 5.74) is 0. The Morgan fingerprint density at radius 2 is 2.50 bits per heavy atom. The van der Waals surface area contributed by atoms with Gasteiger partial charge in [-0.3, -0.25) is 4.21 Å². The Morgan fingerprint density at radius 3 is 3.00 bits per heavy atom. The summed E-state index contributed by atoms with van der Waals surface area (Å²) in [5, 5.41) is 3.89. The zero-order chi connectivity index (χ0) is 7.82. The SMILES string of the molecule is C[S@@](=O)/C=C/CCN=C=S. The summed E-state index contributed by atoms with van der Waals surface area (Å²) in [6.45, 7) is 0.636. The van der Waals surface area contributed by atoms with Gasteiger partial charge in [-0.05, 0) is 24.0 Å². The number of thiocarbonyl (C=S) groups is 1. The minimum atomic E-state index is -0.840. The molecule has 10 heavy (non-hydrogen) atoms. The van der Waals surface area contributed by atoms with Crippen molar-refractivity contribution in [2.45, 2.75) is 6.42 Å². The van der Waals surface area contributed by atoms with Gasteiger partial charge in [0.2, 0.25) is 0 Å². The van der Waals surface area contributed by atoms with E-state index in [1.165, 1.54) is 0 Å². The molecule has 0 bridgehead atoms. The fraction of sp³-hybridized carbons (Fsp3) is 0.500. The number of isothiocyanates is 1. The molecule has 0 radical (unpaired) electrons. The Bertz CT molecular complexity index is 182. The van der Waals surface area contributed by atoms with Crippen LogP contribution < -0.4 is 0 Å². The second kappa shape index (κ2) is 6.81. The first-order chi connectivity index (χ1) is 4.77. The van der Waals surface area contributed by atoms with Gasteiger partial charge in [-0.2, -0.15) is 0 Å². The lowest BCUT2D eigenvalue weighted by atomic mass is 10.4. The maximum atomic E-state index is 10.4. The first-order valence-corrected chi connectivity index (χ1v) is 4.83. The average Bonchev–Trinajstić information content (AvgIpc) is 1.87. The van der Waals surface area contributed by atoms with Crippen LogP contribution in [0.4, 0.5) is 0 Å². The molecular formula is C6H9NOS2. The maximum Gasteiger partial charge on any atom is 0.0585 e. The third-order valence-electron chi connectivity index (χ3n) is 0.760. The van der Waals surface area contributed by atoms with Gasteiger partial charge in [0.1, 0.15) is 0 Å². The average molecular weight is 175 g/mol. The van der Waals surface area contributed by atoms with Crippen LogP contribution in [0.3, 0.4) is 0 Å². The van der Waals surface area contributed by atoms with E-state index in [0.717, 1.165) is 6.42 Å². The summed E-state index contributed by atoms with van der Waals surface area (Å²) in [5.74, 6) is 0. The summed E-state index contributed by atoms with van der Waals surface area (Å²) in [6.07, 6.45) is 4.23. The largest absolute Gasteiger partial charge is 0.255 e. The van der Waals surface area contributed by atoms with Crippen LogP contribution in [-0.2, 0) is 10.8 Å². The summed E-state index contributed by atoms with van der Waals surface area (Å²) < 4.78 is 10.4. The van der Waals surface area contributed by atoms with E-state index in [1.807, 2.05) is 6.08 Å². The molecule has 4 heteroatoms. The Balaban J connectivity index is 3.35. The van der Waals surface area contributed by atoms with Crippen LogP contribution >= 0.6 is 12.2 Å². The van der Waals surface area contributed by atoms with Crippen LogP contribution in [0.2, 0.25) is 0 Å². The van der Waals surface area contributed by atoms with Crippen molar-refractivity contribution in [3.8, 4) is 0 Å². The monoisotopic (exact) mass is 175 g/mol. The molecule has 0 N–H and O–H groups in total. The van der Waals surface area contributed by atoms with Gasteiger partial charge in [-0.15, -0.1) is 0 Å². The van der Waals surface area contributed by atoms with E-state index < -0.39 is 10.8 Å². The fourth-order valence-electron chi connectivity index (χ4n) is 0.388. The molecule has 0 unspecified atom stereocenters. The number of hydrogen-bond acceptors (Lipinski definition) is 3. The fourth-order valence-corrected chi connectivity index (χ4v) is 0.887. The van der Waals surface area contributed by atoms with Crippen LogP contribution in [0.5, 0.6) is 0 Å². The molecular weight excluding hydrogens is 166 g/mol. The molecule has 0 aliphatic carbocycles. The van der Waals surface area contributed by atoms with Gasteiger partial charge in [-0.25, -0.2) is 4.99 Å². The number of nitrogens with zero attached hydrogens (tertiary/aromatic N) is 1. The minimum absolute atomic E-state index is 0.636. The van der Waals surface area contributed by atoms with Crippen molar-refractivity contribution >= 4 is 28.2 Å². The highest BCUT2D eigenvalue weighted by Gasteiger charge is 1.78. The Labute approximate surface area is 68.5 Å². The molecule has 0 aromatic rings. The standard InChI is InChI=1S/C6H9NOS2/c1-10(8)5-3-2-4-7-6-9/h3,5H,2,4H2,1H3/b5-3+/t10-/m1/s1. The topological polar surface area (TPSA) is 29.4 Å². The predicted octanol–water partition coefficient (Wildman–Crippen LogP) is 1.37. The van der Waals surface area contributed by atoms with Crippen LogP contribution in [-0.4, -0.2) is 22.2 Å². The Kier molecular flexibility index (Phi) is 6.59. The minimum Gasteiger partial charge on any atom is -0.255 e. The number of rotatable bonds is 4. The maximum absolute atomic E-state index is 10.4. The van der Waals surface area contributed by atoms with Gasteiger partial charge in [0, 0.05) is 17.1 Å². The molecule has 0 aliphatic rings. The molecule has 56 valence electrons. The second-order valence-electron chi connectivity index (χ2n) is 1.63. The van der Waals surface area contributed by atoms with Gasteiger partial charge in [0.25, 0.3) is 0 Å². The number of aliphatic imine (C=N–C) groups is 1. The molecule has 0 fully saturated rings. The smallest absolute Gasteiger partial charge is 0.0585 e. The van der Waals surface area contributed by atoms with Crippen molar-refractivity contribution < 1.29 is 4.21 Å². The highest BCUT2D eigenvalue weighted by Crippen LogP contribution is 1.85. The first-order valence-electron chi connectivity index (χ1n) is 2.80. The summed E-state index contributed by atoms with van der Waals surface area (Å²) in [6, 6.07) is 0. The molecule has 0 saturated heterocycles. The summed E-state index contributed by atoms with van der Waals surface area (Å²) >= 11 is 4.35. The van der Waals surface area contributed by atoms with Crippen molar-refractivity contribution in [2.24, 2.45) is 4.99 Å². The van der Waals surface area contributed by atoms with Crippen molar-refractivity contribution in [1.29, 1.82) is 0 Å². The zero-order valence-corrected chi connectivity index (χ0v) is 7.37. The normalized spacial score (nSPS) is 12.9. The van der Waals surface area contributed by atoms with E-state index >= 15 is 0 Å². The van der Waals surface area contributed by atoms with E-state index in [1.54, 1.807) is 11.7 Å². The molecule has 1 atom stereocenters. The quantitative estimate of drug-likeness (QED) is 0.367. The van der Waals surface area contributed by atoms with Crippen molar-refractivity contribution in [1.82, 2.24) is 0 Å². The summed E-state index contributed by atoms with van der Waals surface area (Å²) in [4.78, 5) is 3.68. The Morgan fingerprint density at radius 1 is 1.80 bits per heavy atom. The van der Waals surface area contributed by atoms with E-state index in [2.05, 4.69) is 22.4 Å². The molecule has 0 aromatic heterocycles. The summed E-state index contributed by atoms with van der Waals surface area (Å²) in [7, 11) is -0.840. The predicted molar refractivity (Wildman–Crippen MR) is 47.7 cm³/mol. The van der Waals surface area contributed by atoms with Gasteiger partial charge in [0.05, 0.1) is 11.7 Å². The van der Waals surface area contributed by atoms with Gasteiger partial charge in [-0.1, -0.05) is 6.08 Å². The van der Waals surface area contributed by atoms with Crippen molar-refractivity contribution in [3.63, 3.8) is 0 Å². The molecule has 0 spiro atoms. The molecule has 0 saturated carbocycles. The lowest BCUT2D eigenvalue weighted by Gasteiger charge is -1.82. The Hall–Kier alpha value is -0.310. The first kappa shape index (κ1) is 9.69. The third-order valence-corrected chi connectivity index (χ3v) is 1.46. The molecule has 0 amide bonds. The van der Waals surface area contributed by atoms with Crippen molar-refractivity contribution in [3.05, 3.63) is 11.5 Å². The van der Waals surface area contributed by atoms with E-state index in [4.69, 9.17) is 0 Å².